The summed E-state index contributed by atoms with van der Waals surface area (Å²) < 4.78 is 0. The van der Waals surface area contributed by atoms with Crippen molar-refractivity contribution in [1.29, 1.82) is 0 Å². The number of hydrogen-bond donors (Lipinski definition) is 1. The monoisotopic (exact) mass is 302 g/mol. The Morgan fingerprint density at radius 1 is 1.18 bits per heavy atom. The molecule has 3 saturated heterocycles. The van der Waals surface area contributed by atoms with E-state index in [1.807, 2.05) is 9.80 Å². The molecule has 5 nitrogen and oxygen atoms in total. The molecule has 0 spiro atoms. The Morgan fingerprint density at radius 2 is 1.95 bits per heavy atom. The molecule has 3 fully saturated rings. The lowest BCUT2D eigenvalue weighted by Gasteiger charge is -2.36. The number of aromatic hydroxyl groups is 1. The number of para-hydroxylation sites is 1. The van der Waals surface area contributed by atoms with Crippen LogP contribution in [0.3, 0.4) is 0 Å². The minimum Gasteiger partial charge on any atom is -0.507 e. The predicted octanol–water partition coefficient (Wildman–Crippen LogP) is 1.78. The summed E-state index contributed by atoms with van der Waals surface area (Å²) >= 11 is 0. The first-order valence-electron chi connectivity index (χ1n) is 7.82. The summed E-state index contributed by atoms with van der Waals surface area (Å²) in [6, 6.07) is 5.31. The topological polar surface area (TPSA) is 60.9 Å². The van der Waals surface area contributed by atoms with Crippen molar-refractivity contribution < 1.29 is 14.7 Å². The van der Waals surface area contributed by atoms with E-state index in [4.69, 9.17) is 0 Å². The predicted molar refractivity (Wildman–Crippen MR) is 82.6 cm³/mol. The van der Waals surface area contributed by atoms with Gasteiger partial charge in [0.25, 0.3) is 5.91 Å². The molecule has 2 bridgehead atoms. The Hall–Kier alpha value is -2.04. The summed E-state index contributed by atoms with van der Waals surface area (Å²) in [5.74, 6) is 0.348. The number of nitrogens with zero attached hydrogens (tertiary/aromatic N) is 2. The SMILES string of the molecule is CC(=O)N1C[C@H]2CC[C@@H](C1)N(C(=O)c1cccc(C)c1O)C2. The number of phenolic OH excluding ortho intramolecular Hbond substituents is 1. The van der Waals surface area contributed by atoms with E-state index in [0.717, 1.165) is 19.4 Å². The fraction of sp³-hybridized carbons (Fsp3) is 0.529. The number of benzene rings is 1. The van der Waals surface area contributed by atoms with E-state index in [0.29, 0.717) is 30.1 Å². The number of piperidine rings is 1. The number of fused-ring (bicyclic) bond motifs is 4. The summed E-state index contributed by atoms with van der Waals surface area (Å²) in [5.41, 5.74) is 1.07. The van der Waals surface area contributed by atoms with Crippen LogP contribution >= 0.6 is 0 Å². The quantitative estimate of drug-likeness (QED) is 0.860. The molecule has 0 unspecified atom stereocenters. The maximum atomic E-state index is 12.9. The van der Waals surface area contributed by atoms with Crippen molar-refractivity contribution in [3.8, 4) is 5.75 Å². The molecule has 2 atom stereocenters. The van der Waals surface area contributed by atoms with Gasteiger partial charge in [-0.25, -0.2) is 0 Å². The van der Waals surface area contributed by atoms with Crippen molar-refractivity contribution >= 4 is 11.8 Å². The zero-order valence-electron chi connectivity index (χ0n) is 13.1. The minimum atomic E-state index is -0.124. The molecule has 0 aliphatic carbocycles. The highest BCUT2D eigenvalue weighted by atomic mass is 16.3. The Labute approximate surface area is 130 Å². The molecule has 4 rings (SSSR count). The van der Waals surface area contributed by atoms with Gasteiger partial charge in [0.1, 0.15) is 5.75 Å². The summed E-state index contributed by atoms with van der Waals surface area (Å²) in [4.78, 5) is 28.3. The van der Waals surface area contributed by atoms with E-state index in [-0.39, 0.29) is 23.6 Å². The van der Waals surface area contributed by atoms with E-state index in [2.05, 4.69) is 0 Å². The molecule has 118 valence electrons. The maximum absolute atomic E-state index is 12.9. The van der Waals surface area contributed by atoms with Gasteiger partial charge in [0.05, 0.1) is 5.56 Å². The fourth-order valence-corrected chi connectivity index (χ4v) is 3.57. The largest absolute Gasteiger partial charge is 0.507 e. The number of aryl methyl sites for hydroxylation is 1. The number of phenols is 1. The zero-order valence-corrected chi connectivity index (χ0v) is 13.1. The van der Waals surface area contributed by atoms with Crippen molar-refractivity contribution in [2.24, 2.45) is 5.92 Å². The second-order valence-corrected chi connectivity index (χ2v) is 6.45. The first-order valence-corrected chi connectivity index (χ1v) is 7.82. The van der Waals surface area contributed by atoms with Crippen LogP contribution in [0.15, 0.2) is 18.2 Å². The molecule has 1 aromatic carbocycles. The molecule has 0 saturated carbocycles. The molecule has 3 heterocycles. The maximum Gasteiger partial charge on any atom is 0.257 e. The molecule has 5 heteroatoms. The molecule has 22 heavy (non-hydrogen) atoms. The van der Waals surface area contributed by atoms with Gasteiger partial charge in [0, 0.05) is 32.6 Å². The molecule has 1 aromatic rings. The van der Waals surface area contributed by atoms with E-state index in [1.165, 1.54) is 0 Å². The summed E-state index contributed by atoms with van der Waals surface area (Å²) in [6.45, 7) is 5.38. The van der Waals surface area contributed by atoms with Gasteiger partial charge in [-0.05, 0) is 37.3 Å². The number of carbonyl (C=O) groups excluding carboxylic acids is 2. The molecule has 3 aliphatic rings. The number of hydrogen-bond acceptors (Lipinski definition) is 3. The Balaban J connectivity index is 1.87. The van der Waals surface area contributed by atoms with Crippen LogP contribution < -0.4 is 0 Å². The third kappa shape index (κ3) is 2.56. The van der Waals surface area contributed by atoms with Crippen LogP contribution in [0, 0.1) is 12.8 Å². The Kier molecular flexibility index (Phi) is 3.81. The van der Waals surface area contributed by atoms with E-state index >= 15 is 0 Å². The Bertz CT molecular complexity index is 614. The number of amides is 2. The summed E-state index contributed by atoms with van der Waals surface area (Å²) in [6.07, 6.45) is 1.98. The normalized spacial score (nSPS) is 24.3. The van der Waals surface area contributed by atoms with E-state index in [9.17, 15) is 14.7 Å². The van der Waals surface area contributed by atoms with E-state index < -0.39 is 0 Å². The van der Waals surface area contributed by atoms with Gasteiger partial charge in [-0.3, -0.25) is 9.59 Å². The second-order valence-electron chi connectivity index (χ2n) is 6.45. The molecule has 1 N–H and O–H groups in total. The summed E-state index contributed by atoms with van der Waals surface area (Å²) in [5, 5.41) is 10.2. The number of carbonyl (C=O) groups is 2. The highest BCUT2D eigenvalue weighted by Gasteiger charge is 2.38. The van der Waals surface area contributed by atoms with Crippen molar-refractivity contribution in [3.05, 3.63) is 29.3 Å². The Morgan fingerprint density at radius 3 is 2.68 bits per heavy atom. The van der Waals surface area contributed by atoms with Crippen LogP contribution in [0.1, 0.15) is 35.7 Å². The molecule has 2 amide bonds. The van der Waals surface area contributed by atoms with Crippen LogP contribution in [0.25, 0.3) is 0 Å². The average molecular weight is 302 g/mol. The lowest BCUT2D eigenvalue weighted by Crippen LogP contribution is -2.47. The molecule has 0 radical (unpaired) electrons. The number of rotatable bonds is 1. The second kappa shape index (κ2) is 5.63. The highest BCUT2D eigenvalue weighted by molar-refractivity contribution is 5.97. The minimum absolute atomic E-state index is 0.0510. The van der Waals surface area contributed by atoms with Crippen LogP contribution in [0.2, 0.25) is 0 Å². The third-order valence-electron chi connectivity index (χ3n) is 4.89. The van der Waals surface area contributed by atoms with Gasteiger partial charge < -0.3 is 14.9 Å². The molecule has 3 aliphatic heterocycles. The summed E-state index contributed by atoms with van der Waals surface area (Å²) in [7, 11) is 0. The standard InChI is InChI=1S/C17H22N2O3/c1-11-4-3-5-15(16(11)21)17(22)19-9-13-6-7-14(19)10-18(8-13)12(2)20/h3-5,13-14,21H,6-10H2,1-2H3/t13-,14+/m1/s1. The van der Waals surface area contributed by atoms with Gasteiger partial charge in [-0.15, -0.1) is 0 Å². The van der Waals surface area contributed by atoms with Crippen LogP contribution in [-0.2, 0) is 4.79 Å². The van der Waals surface area contributed by atoms with Crippen molar-refractivity contribution in [2.75, 3.05) is 19.6 Å². The van der Waals surface area contributed by atoms with Gasteiger partial charge in [-0.2, -0.15) is 0 Å². The zero-order chi connectivity index (χ0) is 15.9. The van der Waals surface area contributed by atoms with Crippen molar-refractivity contribution in [1.82, 2.24) is 9.80 Å². The first kappa shape index (κ1) is 14.9. The fourth-order valence-electron chi connectivity index (χ4n) is 3.57. The van der Waals surface area contributed by atoms with E-state index in [1.54, 1.807) is 32.0 Å². The third-order valence-corrected chi connectivity index (χ3v) is 4.89. The molecule has 0 aromatic heterocycles. The first-order chi connectivity index (χ1) is 10.5. The van der Waals surface area contributed by atoms with Crippen molar-refractivity contribution in [3.63, 3.8) is 0 Å². The molecular formula is C17H22N2O3. The van der Waals surface area contributed by atoms with Crippen LogP contribution in [-0.4, -0.2) is 52.4 Å². The van der Waals surface area contributed by atoms with Crippen LogP contribution in [0.4, 0.5) is 0 Å². The lowest BCUT2D eigenvalue weighted by atomic mass is 9.94. The van der Waals surface area contributed by atoms with Gasteiger partial charge >= 0.3 is 0 Å². The lowest BCUT2D eigenvalue weighted by molar-refractivity contribution is -0.129. The molecular weight excluding hydrogens is 280 g/mol. The highest BCUT2D eigenvalue weighted by Crippen LogP contribution is 2.31. The van der Waals surface area contributed by atoms with Gasteiger partial charge in [-0.1, -0.05) is 12.1 Å². The van der Waals surface area contributed by atoms with Crippen molar-refractivity contribution in [2.45, 2.75) is 32.7 Å². The average Bonchev–Trinajstić information content (AvgIpc) is 2.81. The van der Waals surface area contributed by atoms with Gasteiger partial charge in [0.15, 0.2) is 0 Å². The van der Waals surface area contributed by atoms with Gasteiger partial charge in [0.2, 0.25) is 5.91 Å². The smallest absolute Gasteiger partial charge is 0.257 e. The van der Waals surface area contributed by atoms with Crippen LogP contribution in [0.5, 0.6) is 5.75 Å².